The van der Waals surface area contributed by atoms with Crippen molar-refractivity contribution in [2.75, 3.05) is 7.11 Å². The lowest BCUT2D eigenvalue weighted by Crippen LogP contribution is -2.61. The summed E-state index contributed by atoms with van der Waals surface area (Å²) in [6, 6.07) is 15.8. The Morgan fingerprint density at radius 1 is 1.00 bits per heavy atom. The molecule has 176 valence electrons. The second-order valence-electron chi connectivity index (χ2n) is 7.39. The van der Waals surface area contributed by atoms with Crippen LogP contribution in [0.1, 0.15) is 17.5 Å². The number of primary amides is 1. The number of methoxy groups -OCH3 is 1. The van der Waals surface area contributed by atoms with Crippen molar-refractivity contribution in [1.82, 2.24) is 5.32 Å². The van der Waals surface area contributed by atoms with Gasteiger partial charge in [0.15, 0.2) is 5.78 Å². The number of nitrogens with one attached hydrogen (secondary N) is 1. The van der Waals surface area contributed by atoms with E-state index < -0.39 is 47.9 Å². The van der Waals surface area contributed by atoms with Crippen molar-refractivity contribution in [1.29, 1.82) is 0 Å². The molecular weight excluding hydrogens is 430 g/mol. The molecule has 0 aromatic heterocycles. The fourth-order valence-corrected chi connectivity index (χ4v) is 3.20. The van der Waals surface area contributed by atoms with Crippen molar-refractivity contribution >= 4 is 23.8 Å². The van der Waals surface area contributed by atoms with Crippen LogP contribution in [0.2, 0.25) is 0 Å². The Labute approximate surface area is 190 Å². The summed E-state index contributed by atoms with van der Waals surface area (Å²) in [7, 11) is 1.00. The van der Waals surface area contributed by atoms with Crippen LogP contribution in [-0.2, 0) is 36.9 Å². The van der Waals surface area contributed by atoms with Crippen LogP contribution >= 0.6 is 0 Å². The van der Waals surface area contributed by atoms with E-state index in [1.54, 1.807) is 60.7 Å². The number of carbonyl (C=O) groups excluding carboxylic acids is 4. The van der Waals surface area contributed by atoms with Gasteiger partial charge in [0.2, 0.25) is 11.6 Å². The van der Waals surface area contributed by atoms with Crippen LogP contribution in [0.5, 0.6) is 0 Å². The Balaban J connectivity index is 2.25. The third kappa shape index (κ3) is 7.41. The number of Topliss-reactive ketones (excluding diaryl/α,β-unsaturated/α-hetero) is 1. The van der Waals surface area contributed by atoms with E-state index in [9.17, 15) is 24.3 Å². The van der Waals surface area contributed by atoms with Gasteiger partial charge in [-0.3, -0.25) is 15.3 Å². The van der Waals surface area contributed by atoms with Crippen LogP contribution in [0.15, 0.2) is 60.7 Å². The molecule has 33 heavy (non-hydrogen) atoms. The largest absolute Gasteiger partial charge is 0.466 e. The highest BCUT2D eigenvalue weighted by Crippen LogP contribution is 2.23. The zero-order valence-corrected chi connectivity index (χ0v) is 18.1. The minimum Gasteiger partial charge on any atom is -0.466 e. The van der Waals surface area contributed by atoms with Crippen molar-refractivity contribution in [3.05, 3.63) is 71.8 Å². The highest BCUT2D eigenvalue weighted by Gasteiger charge is 2.48. The molecular formula is C23H27N3O7. The van der Waals surface area contributed by atoms with Gasteiger partial charge in [0.1, 0.15) is 12.6 Å². The molecule has 0 radical (unpaired) electrons. The Morgan fingerprint density at radius 3 is 2.06 bits per heavy atom. The molecule has 10 heteroatoms. The Kier molecular flexibility index (Phi) is 9.08. The van der Waals surface area contributed by atoms with Gasteiger partial charge in [-0.15, -0.1) is 0 Å². The van der Waals surface area contributed by atoms with Gasteiger partial charge in [0, 0.05) is 0 Å². The lowest BCUT2D eigenvalue weighted by atomic mass is 9.82. The van der Waals surface area contributed by atoms with Crippen LogP contribution in [0.4, 0.5) is 4.79 Å². The number of ether oxygens (including phenoxy) is 2. The Morgan fingerprint density at radius 2 is 1.55 bits per heavy atom. The molecule has 2 aromatic rings. The monoisotopic (exact) mass is 457 g/mol. The number of esters is 1. The molecule has 0 heterocycles. The first-order valence-corrected chi connectivity index (χ1v) is 10.1. The van der Waals surface area contributed by atoms with E-state index in [-0.39, 0.29) is 13.0 Å². The molecule has 0 saturated carbocycles. The molecule has 6 N–H and O–H groups in total. The zero-order valence-electron chi connectivity index (χ0n) is 18.1. The van der Waals surface area contributed by atoms with Gasteiger partial charge in [-0.25, -0.2) is 9.59 Å². The standard InChI is InChI=1S/C23H27N3O7/c1-32-21(29)23(25,31)17(12-15-8-4-2-5-9-15)20(28)18(13-19(24)27)26-22(30)33-14-16-10-6-3-7-11-16/h2-11,17-18,31H,12-14,25H2,1H3,(H2,24,27)(H,26,30)/t17-,18+,23+/m1/s1. The van der Waals surface area contributed by atoms with Crippen molar-refractivity contribution in [2.45, 2.75) is 31.2 Å². The number of hydrogen-bond acceptors (Lipinski definition) is 8. The van der Waals surface area contributed by atoms with Gasteiger partial charge < -0.3 is 25.6 Å². The third-order valence-corrected chi connectivity index (χ3v) is 4.92. The summed E-state index contributed by atoms with van der Waals surface area (Å²) in [5, 5.41) is 12.9. The van der Waals surface area contributed by atoms with Crippen molar-refractivity contribution in [3.63, 3.8) is 0 Å². The summed E-state index contributed by atoms with van der Waals surface area (Å²) in [4.78, 5) is 49.4. The second kappa shape index (κ2) is 11.7. The summed E-state index contributed by atoms with van der Waals surface area (Å²) in [5.41, 5.74) is 9.60. The van der Waals surface area contributed by atoms with E-state index in [1.807, 2.05) is 0 Å². The molecule has 3 atom stereocenters. The Hall–Kier alpha value is -3.76. The average Bonchev–Trinajstić information content (AvgIpc) is 2.80. The first-order chi connectivity index (χ1) is 15.6. The smallest absolute Gasteiger partial charge is 0.408 e. The van der Waals surface area contributed by atoms with Gasteiger partial charge in [-0.2, -0.15) is 0 Å². The number of alkyl carbamates (subject to hydrolysis) is 1. The van der Waals surface area contributed by atoms with E-state index in [0.29, 0.717) is 11.1 Å². The SMILES string of the molecule is COC(=O)[C@@](N)(O)[C@H](Cc1ccccc1)C(=O)[C@H](CC(N)=O)NC(=O)OCc1ccccc1. The fraction of sp³-hybridized carbons (Fsp3) is 0.304. The summed E-state index contributed by atoms with van der Waals surface area (Å²) in [5.74, 6) is -4.59. The number of amides is 2. The summed E-state index contributed by atoms with van der Waals surface area (Å²) < 4.78 is 9.65. The summed E-state index contributed by atoms with van der Waals surface area (Å²) in [6.45, 7) is -0.0828. The summed E-state index contributed by atoms with van der Waals surface area (Å²) in [6.07, 6.45) is -1.75. The lowest BCUT2D eigenvalue weighted by molar-refractivity contribution is -0.171. The predicted molar refractivity (Wildman–Crippen MR) is 117 cm³/mol. The molecule has 0 aliphatic heterocycles. The number of aliphatic hydroxyl groups is 1. The van der Waals surface area contributed by atoms with Gasteiger partial charge in [-0.1, -0.05) is 60.7 Å². The zero-order chi connectivity index (χ0) is 24.4. The first kappa shape index (κ1) is 25.5. The minimum absolute atomic E-state index is 0.0828. The van der Waals surface area contributed by atoms with Crippen LogP contribution in [0, 0.1) is 5.92 Å². The molecule has 2 aromatic carbocycles. The molecule has 0 unspecified atom stereocenters. The molecule has 0 spiro atoms. The van der Waals surface area contributed by atoms with Crippen molar-refractivity contribution in [3.8, 4) is 0 Å². The molecule has 0 saturated heterocycles. The normalized spacial score (nSPS) is 14.3. The van der Waals surface area contributed by atoms with E-state index in [2.05, 4.69) is 10.1 Å². The highest BCUT2D eigenvalue weighted by atomic mass is 16.6. The number of hydrogen-bond donors (Lipinski definition) is 4. The van der Waals surface area contributed by atoms with E-state index in [0.717, 1.165) is 7.11 Å². The van der Waals surface area contributed by atoms with Gasteiger partial charge >= 0.3 is 12.1 Å². The highest BCUT2D eigenvalue weighted by molar-refractivity contribution is 5.97. The van der Waals surface area contributed by atoms with Gasteiger partial charge in [0.05, 0.1) is 19.4 Å². The molecule has 0 aliphatic rings. The molecule has 2 rings (SSSR count). The predicted octanol–water partition coefficient (Wildman–Crippen LogP) is 0.405. The van der Waals surface area contributed by atoms with E-state index in [1.165, 1.54) is 0 Å². The van der Waals surface area contributed by atoms with E-state index in [4.69, 9.17) is 16.2 Å². The van der Waals surface area contributed by atoms with Crippen molar-refractivity contribution < 1.29 is 33.8 Å². The number of ketones is 1. The minimum atomic E-state index is -2.73. The van der Waals surface area contributed by atoms with Crippen LogP contribution in [0.3, 0.4) is 0 Å². The number of benzene rings is 2. The number of carbonyl (C=O) groups is 4. The summed E-state index contributed by atoms with van der Waals surface area (Å²) >= 11 is 0. The Bertz CT molecular complexity index is 965. The average molecular weight is 457 g/mol. The second-order valence-corrected chi connectivity index (χ2v) is 7.39. The topological polar surface area (TPSA) is 171 Å². The van der Waals surface area contributed by atoms with Crippen LogP contribution in [-0.4, -0.2) is 47.7 Å². The van der Waals surface area contributed by atoms with Crippen LogP contribution in [0.25, 0.3) is 0 Å². The quantitative estimate of drug-likeness (QED) is 0.277. The van der Waals surface area contributed by atoms with Crippen molar-refractivity contribution in [2.24, 2.45) is 17.4 Å². The van der Waals surface area contributed by atoms with E-state index >= 15 is 0 Å². The maximum Gasteiger partial charge on any atom is 0.408 e. The number of rotatable bonds is 11. The molecule has 10 nitrogen and oxygen atoms in total. The maximum atomic E-state index is 13.3. The lowest BCUT2D eigenvalue weighted by Gasteiger charge is -2.31. The fourth-order valence-electron chi connectivity index (χ4n) is 3.20. The maximum absolute atomic E-state index is 13.3. The molecule has 2 amide bonds. The first-order valence-electron chi connectivity index (χ1n) is 10.1. The third-order valence-electron chi connectivity index (χ3n) is 4.92. The van der Waals surface area contributed by atoms with Gasteiger partial charge in [0.25, 0.3) is 0 Å². The molecule has 0 aliphatic carbocycles. The molecule has 0 fully saturated rings. The number of nitrogens with two attached hydrogens (primary N) is 2. The molecule has 0 bridgehead atoms. The van der Waals surface area contributed by atoms with Gasteiger partial charge in [-0.05, 0) is 17.5 Å². The van der Waals surface area contributed by atoms with Crippen LogP contribution < -0.4 is 16.8 Å².